The minimum absolute atomic E-state index is 0.00711. The number of hydrogen-bond donors (Lipinski definition) is 0. The van der Waals surface area contributed by atoms with Crippen molar-refractivity contribution in [2.24, 2.45) is 0 Å². The molecule has 120 valence electrons. The Morgan fingerprint density at radius 1 is 1.36 bits per heavy atom. The van der Waals surface area contributed by atoms with Crippen LogP contribution in [0.1, 0.15) is 17.5 Å². The first-order valence-electron chi connectivity index (χ1n) is 6.80. The molecule has 1 aliphatic heterocycles. The van der Waals surface area contributed by atoms with Gasteiger partial charge in [0.1, 0.15) is 6.07 Å². The summed E-state index contributed by atoms with van der Waals surface area (Å²) < 4.78 is 48.8. The molecule has 0 saturated carbocycles. The molecule has 0 N–H and O–H groups in total. The number of anilines is 1. The largest absolute Gasteiger partial charge is 0.416 e. The van der Waals surface area contributed by atoms with Gasteiger partial charge in [-0.15, -0.1) is 0 Å². The van der Waals surface area contributed by atoms with E-state index < -0.39 is 11.7 Å². The SMILES string of the molecule is COC[C@@H]1C[C@@H](OC)CN1c1ccc(C(F)(F)F)cc1C#N. The fraction of sp³-hybridized carbons (Fsp3) is 0.533. The van der Waals surface area contributed by atoms with Crippen LogP contribution in [0.15, 0.2) is 18.2 Å². The Kier molecular flexibility index (Phi) is 4.94. The lowest BCUT2D eigenvalue weighted by Gasteiger charge is -2.27. The van der Waals surface area contributed by atoms with Crippen molar-refractivity contribution in [1.82, 2.24) is 0 Å². The van der Waals surface area contributed by atoms with Gasteiger partial charge in [-0.25, -0.2) is 0 Å². The third-order valence-electron chi connectivity index (χ3n) is 3.82. The molecule has 1 heterocycles. The molecule has 1 aromatic carbocycles. The van der Waals surface area contributed by atoms with Gasteiger partial charge >= 0.3 is 6.18 Å². The van der Waals surface area contributed by atoms with E-state index in [2.05, 4.69) is 0 Å². The van der Waals surface area contributed by atoms with Crippen LogP contribution < -0.4 is 4.90 Å². The van der Waals surface area contributed by atoms with Crippen LogP contribution in [-0.4, -0.2) is 39.5 Å². The van der Waals surface area contributed by atoms with E-state index in [0.717, 1.165) is 12.1 Å². The zero-order chi connectivity index (χ0) is 16.3. The first-order chi connectivity index (χ1) is 10.4. The summed E-state index contributed by atoms with van der Waals surface area (Å²) in [5, 5.41) is 9.20. The molecular weight excluding hydrogens is 297 g/mol. The summed E-state index contributed by atoms with van der Waals surface area (Å²) in [6.07, 6.45) is -3.79. The molecule has 1 aromatic rings. The number of benzene rings is 1. The smallest absolute Gasteiger partial charge is 0.383 e. The molecular formula is C15H17F3N2O2. The van der Waals surface area contributed by atoms with Gasteiger partial charge in [0.2, 0.25) is 0 Å². The number of nitriles is 1. The van der Waals surface area contributed by atoms with Gasteiger partial charge in [-0.3, -0.25) is 0 Å². The number of nitrogens with zero attached hydrogens (tertiary/aromatic N) is 2. The molecule has 22 heavy (non-hydrogen) atoms. The zero-order valence-corrected chi connectivity index (χ0v) is 12.4. The van der Waals surface area contributed by atoms with E-state index in [4.69, 9.17) is 9.47 Å². The van der Waals surface area contributed by atoms with Gasteiger partial charge in [0, 0.05) is 20.8 Å². The van der Waals surface area contributed by atoms with Crippen molar-refractivity contribution in [1.29, 1.82) is 5.26 Å². The van der Waals surface area contributed by atoms with Crippen LogP contribution in [0.25, 0.3) is 0 Å². The average molecular weight is 314 g/mol. The Bertz CT molecular complexity index is 569. The van der Waals surface area contributed by atoms with Gasteiger partial charge < -0.3 is 14.4 Å². The normalized spacial score (nSPS) is 21.9. The van der Waals surface area contributed by atoms with Crippen molar-refractivity contribution in [3.8, 4) is 6.07 Å². The fourth-order valence-corrected chi connectivity index (χ4v) is 2.74. The van der Waals surface area contributed by atoms with Crippen LogP contribution in [0.4, 0.5) is 18.9 Å². The summed E-state index contributed by atoms with van der Waals surface area (Å²) in [5.74, 6) is 0. The Morgan fingerprint density at radius 3 is 2.64 bits per heavy atom. The van der Waals surface area contributed by atoms with Gasteiger partial charge in [-0.05, 0) is 24.6 Å². The van der Waals surface area contributed by atoms with Crippen molar-refractivity contribution in [3.05, 3.63) is 29.3 Å². The zero-order valence-electron chi connectivity index (χ0n) is 12.4. The Balaban J connectivity index is 2.36. The van der Waals surface area contributed by atoms with E-state index in [9.17, 15) is 18.4 Å². The Morgan fingerprint density at radius 2 is 2.09 bits per heavy atom. The monoisotopic (exact) mass is 314 g/mol. The minimum Gasteiger partial charge on any atom is -0.383 e. The second-order valence-electron chi connectivity index (χ2n) is 5.20. The molecule has 1 aliphatic rings. The number of halogens is 3. The number of alkyl halides is 3. The third-order valence-corrected chi connectivity index (χ3v) is 3.82. The van der Waals surface area contributed by atoms with E-state index >= 15 is 0 Å². The first kappa shape index (κ1) is 16.6. The molecule has 4 nitrogen and oxygen atoms in total. The third kappa shape index (κ3) is 3.34. The molecule has 0 radical (unpaired) electrons. The summed E-state index contributed by atoms with van der Waals surface area (Å²) >= 11 is 0. The summed E-state index contributed by atoms with van der Waals surface area (Å²) in [7, 11) is 3.16. The number of ether oxygens (including phenoxy) is 2. The molecule has 1 fully saturated rings. The molecule has 0 bridgehead atoms. The lowest BCUT2D eigenvalue weighted by molar-refractivity contribution is -0.137. The standard InChI is InChI=1S/C15H17F3N2O2/c1-21-9-12-6-13(22-2)8-20(12)14-4-3-11(15(16,17)18)5-10(14)7-19/h3-5,12-13H,6,8-9H2,1-2H3/t12-,13+/m0/s1. The van der Waals surface area contributed by atoms with Gasteiger partial charge in [-0.1, -0.05) is 0 Å². The Labute approximate surface area is 127 Å². The highest BCUT2D eigenvalue weighted by Gasteiger charge is 2.35. The maximum absolute atomic E-state index is 12.8. The molecule has 0 aliphatic carbocycles. The van der Waals surface area contributed by atoms with E-state index in [1.165, 1.54) is 6.07 Å². The van der Waals surface area contributed by atoms with Crippen molar-refractivity contribution in [2.75, 3.05) is 32.3 Å². The molecule has 2 rings (SSSR count). The highest BCUT2D eigenvalue weighted by atomic mass is 19.4. The van der Waals surface area contributed by atoms with Crippen molar-refractivity contribution < 1.29 is 22.6 Å². The summed E-state index contributed by atoms with van der Waals surface area (Å²) in [6.45, 7) is 0.941. The van der Waals surface area contributed by atoms with Gasteiger partial charge in [-0.2, -0.15) is 18.4 Å². The van der Waals surface area contributed by atoms with Crippen LogP contribution in [0, 0.1) is 11.3 Å². The van der Waals surface area contributed by atoms with Crippen LogP contribution in [0.3, 0.4) is 0 Å². The Hall–Kier alpha value is -1.78. The number of hydrogen-bond acceptors (Lipinski definition) is 4. The van der Waals surface area contributed by atoms with E-state index in [1.807, 2.05) is 11.0 Å². The molecule has 2 atom stereocenters. The lowest BCUT2D eigenvalue weighted by Crippen LogP contribution is -2.33. The second-order valence-corrected chi connectivity index (χ2v) is 5.20. The molecule has 0 aromatic heterocycles. The maximum atomic E-state index is 12.8. The van der Waals surface area contributed by atoms with Gasteiger partial charge in [0.05, 0.1) is 35.6 Å². The van der Waals surface area contributed by atoms with Gasteiger partial charge in [0.15, 0.2) is 0 Å². The fourth-order valence-electron chi connectivity index (χ4n) is 2.74. The van der Waals surface area contributed by atoms with Crippen molar-refractivity contribution >= 4 is 5.69 Å². The van der Waals surface area contributed by atoms with Crippen molar-refractivity contribution in [3.63, 3.8) is 0 Å². The van der Waals surface area contributed by atoms with E-state index in [0.29, 0.717) is 25.3 Å². The minimum atomic E-state index is -4.46. The number of rotatable bonds is 4. The summed E-state index contributed by atoms with van der Waals surface area (Å²) in [6, 6.07) is 5.07. The summed E-state index contributed by atoms with van der Waals surface area (Å²) in [4.78, 5) is 1.89. The predicted molar refractivity (Wildman–Crippen MR) is 74.6 cm³/mol. The molecule has 0 spiro atoms. The van der Waals surface area contributed by atoms with E-state index in [1.54, 1.807) is 14.2 Å². The lowest BCUT2D eigenvalue weighted by atomic mass is 10.1. The number of methoxy groups -OCH3 is 2. The van der Waals surface area contributed by atoms with Crippen LogP contribution in [-0.2, 0) is 15.7 Å². The topological polar surface area (TPSA) is 45.5 Å². The molecule has 0 amide bonds. The molecule has 7 heteroatoms. The first-order valence-corrected chi connectivity index (χ1v) is 6.80. The highest BCUT2D eigenvalue weighted by molar-refractivity contribution is 5.62. The van der Waals surface area contributed by atoms with E-state index in [-0.39, 0.29) is 17.7 Å². The predicted octanol–water partition coefficient (Wildman–Crippen LogP) is 2.82. The average Bonchev–Trinajstić information content (AvgIpc) is 2.89. The molecule has 0 unspecified atom stereocenters. The van der Waals surface area contributed by atoms with Crippen LogP contribution in [0.2, 0.25) is 0 Å². The van der Waals surface area contributed by atoms with Crippen LogP contribution in [0.5, 0.6) is 0 Å². The molecule has 1 saturated heterocycles. The second kappa shape index (κ2) is 6.55. The maximum Gasteiger partial charge on any atom is 0.416 e. The van der Waals surface area contributed by atoms with Crippen LogP contribution >= 0.6 is 0 Å². The van der Waals surface area contributed by atoms with Gasteiger partial charge in [0.25, 0.3) is 0 Å². The summed E-state index contributed by atoms with van der Waals surface area (Å²) in [5.41, 5.74) is -0.330. The van der Waals surface area contributed by atoms with Crippen molar-refractivity contribution in [2.45, 2.75) is 24.7 Å². The quantitative estimate of drug-likeness (QED) is 0.857. The highest BCUT2D eigenvalue weighted by Crippen LogP contribution is 2.35.